The molecule has 3 rings (SSSR count). The molecule has 1 aromatic heterocycles. The van der Waals surface area contributed by atoms with Gasteiger partial charge in [0.25, 0.3) is 5.56 Å². The first-order valence-electron chi connectivity index (χ1n) is 9.89. The fourth-order valence-corrected chi connectivity index (χ4v) is 4.19. The maximum atomic E-state index is 12.7. The Hall–Kier alpha value is -1.93. The molecule has 2 fully saturated rings. The van der Waals surface area contributed by atoms with Crippen LogP contribution < -0.4 is 11.2 Å². The molecule has 150 valence electrons. The molecule has 1 aromatic rings. The Labute approximate surface area is 158 Å². The number of rotatable bonds is 5. The Morgan fingerprint density at radius 3 is 2.48 bits per heavy atom. The number of aromatic amines is 1. The molecule has 0 radical (unpaired) electrons. The number of H-pyrrole nitrogens is 1. The van der Waals surface area contributed by atoms with E-state index in [-0.39, 0.29) is 30.9 Å². The molecule has 1 amide bonds. The molecule has 0 bridgehead atoms. The Morgan fingerprint density at radius 2 is 1.81 bits per heavy atom. The van der Waals surface area contributed by atoms with E-state index < -0.39 is 11.2 Å². The average molecular weight is 378 g/mol. The van der Waals surface area contributed by atoms with E-state index in [0.29, 0.717) is 18.7 Å². The summed E-state index contributed by atoms with van der Waals surface area (Å²) in [6.45, 7) is 5.80. The number of aryl methyl sites for hydroxylation is 1. The van der Waals surface area contributed by atoms with Crippen LogP contribution in [0.2, 0.25) is 0 Å². The highest BCUT2D eigenvalue weighted by molar-refractivity contribution is 5.76. The molecular formula is C19H30N4O4. The summed E-state index contributed by atoms with van der Waals surface area (Å²) in [5.41, 5.74) is -0.600. The smallest absolute Gasteiger partial charge is 0.328 e. The third-order valence-electron chi connectivity index (χ3n) is 5.85. The van der Waals surface area contributed by atoms with Crippen molar-refractivity contribution in [3.8, 4) is 0 Å². The first-order valence-corrected chi connectivity index (χ1v) is 9.89. The predicted octanol–water partition coefficient (Wildman–Crippen LogP) is -0.212. The number of aromatic nitrogens is 2. The Balaban J connectivity index is 1.63. The Kier molecular flexibility index (Phi) is 6.49. The first-order chi connectivity index (χ1) is 13.0. The fourth-order valence-electron chi connectivity index (χ4n) is 4.19. The molecule has 2 N–H and O–H groups in total. The molecule has 0 aliphatic carbocycles. The minimum Gasteiger partial charge on any atom is -0.396 e. The summed E-state index contributed by atoms with van der Waals surface area (Å²) in [7, 11) is 0. The number of aliphatic hydroxyl groups is 1. The van der Waals surface area contributed by atoms with Crippen LogP contribution in [0.3, 0.4) is 0 Å². The lowest BCUT2D eigenvalue weighted by Crippen LogP contribution is -2.38. The maximum Gasteiger partial charge on any atom is 0.328 e. The Bertz CT molecular complexity index is 764. The molecule has 2 aliphatic rings. The summed E-state index contributed by atoms with van der Waals surface area (Å²) >= 11 is 0. The second-order valence-electron chi connectivity index (χ2n) is 7.92. The second-order valence-corrected chi connectivity index (χ2v) is 7.92. The molecule has 0 aromatic carbocycles. The van der Waals surface area contributed by atoms with Gasteiger partial charge in [-0.2, -0.15) is 0 Å². The van der Waals surface area contributed by atoms with E-state index in [1.54, 1.807) is 11.8 Å². The van der Waals surface area contributed by atoms with Gasteiger partial charge in [-0.3, -0.25) is 19.1 Å². The van der Waals surface area contributed by atoms with Crippen molar-refractivity contribution in [1.29, 1.82) is 0 Å². The van der Waals surface area contributed by atoms with E-state index in [1.807, 2.05) is 0 Å². The van der Waals surface area contributed by atoms with Crippen LogP contribution >= 0.6 is 0 Å². The maximum absolute atomic E-state index is 12.7. The Morgan fingerprint density at radius 1 is 1.15 bits per heavy atom. The van der Waals surface area contributed by atoms with Crippen molar-refractivity contribution in [3.05, 3.63) is 32.6 Å². The van der Waals surface area contributed by atoms with Gasteiger partial charge in [0, 0.05) is 43.9 Å². The van der Waals surface area contributed by atoms with Gasteiger partial charge in [-0.25, -0.2) is 4.79 Å². The van der Waals surface area contributed by atoms with Crippen molar-refractivity contribution in [3.63, 3.8) is 0 Å². The number of aliphatic hydroxyl groups excluding tert-OH is 1. The number of hydrogen-bond acceptors (Lipinski definition) is 5. The van der Waals surface area contributed by atoms with Gasteiger partial charge in [-0.15, -0.1) is 0 Å². The zero-order valence-electron chi connectivity index (χ0n) is 16.0. The van der Waals surface area contributed by atoms with Crippen LogP contribution in [-0.4, -0.2) is 69.7 Å². The summed E-state index contributed by atoms with van der Waals surface area (Å²) in [5.74, 6) is 0.178. The van der Waals surface area contributed by atoms with Crippen LogP contribution in [0.5, 0.6) is 0 Å². The van der Waals surface area contributed by atoms with Crippen molar-refractivity contribution < 1.29 is 9.90 Å². The molecule has 0 spiro atoms. The van der Waals surface area contributed by atoms with Gasteiger partial charge in [0.2, 0.25) is 5.91 Å². The lowest BCUT2D eigenvalue weighted by molar-refractivity contribution is -0.131. The van der Waals surface area contributed by atoms with E-state index in [1.165, 1.54) is 36.4 Å². The number of amides is 1. The molecular weight excluding hydrogens is 348 g/mol. The van der Waals surface area contributed by atoms with Crippen molar-refractivity contribution >= 4 is 5.91 Å². The normalized spacial score (nSPS) is 24.1. The first kappa shape index (κ1) is 19.8. The highest BCUT2D eigenvalue weighted by atomic mass is 16.3. The minimum absolute atomic E-state index is 0.0694. The summed E-state index contributed by atoms with van der Waals surface area (Å²) < 4.78 is 1.25. The number of carbonyl (C=O) groups excluding carboxylic acids is 1. The average Bonchev–Trinajstić information content (AvgIpc) is 2.86. The van der Waals surface area contributed by atoms with E-state index in [2.05, 4.69) is 9.88 Å². The number of likely N-dealkylation sites (tertiary alicyclic amines) is 2. The van der Waals surface area contributed by atoms with Crippen molar-refractivity contribution in [2.75, 3.05) is 39.3 Å². The summed E-state index contributed by atoms with van der Waals surface area (Å²) in [6, 6.07) is 0. The third-order valence-corrected chi connectivity index (χ3v) is 5.85. The summed E-state index contributed by atoms with van der Waals surface area (Å²) in [4.78, 5) is 42.5. The lowest BCUT2D eigenvalue weighted by atomic mass is 9.96. The molecule has 2 aliphatic heterocycles. The van der Waals surface area contributed by atoms with Gasteiger partial charge in [0.05, 0.1) is 0 Å². The van der Waals surface area contributed by atoms with Crippen molar-refractivity contribution in [2.24, 2.45) is 11.8 Å². The molecule has 0 unspecified atom stereocenters. The number of hydrogen-bond donors (Lipinski definition) is 2. The van der Waals surface area contributed by atoms with E-state index in [9.17, 15) is 19.5 Å². The SMILES string of the molecule is Cc1cn(CC(=O)N2C[C@@H](CN3CCCCCC3)[C@@H](CO)C2)c(=O)[nH]c1=O. The number of carbonyl (C=O) groups is 1. The molecule has 27 heavy (non-hydrogen) atoms. The summed E-state index contributed by atoms with van der Waals surface area (Å²) in [6.07, 6.45) is 6.42. The molecule has 0 saturated carbocycles. The van der Waals surface area contributed by atoms with Crippen molar-refractivity contribution in [1.82, 2.24) is 19.4 Å². The predicted molar refractivity (Wildman–Crippen MR) is 102 cm³/mol. The monoisotopic (exact) mass is 378 g/mol. The zero-order chi connectivity index (χ0) is 19.4. The highest BCUT2D eigenvalue weighted by Gasteiger charge is 2.35. The summed E-state index contributed by atoms with van der Waals surface area (Å²) in [5, 5.41) is 9.77. The molecule has 3 heterocycles. The fraction of sp³-hybridized carbons (Fsp3) is 0.737. The van der Waals surface area contributed by atoms with Crippen LogP contribution in [0.4, 0.5) is 0 Å². The molecule has 8 nitrogen and oxygen atoms in total. The van der Waals surface area contributed by atoms with Gasteiger partial charge >= 0.3 is 5.69 Å². The standard InChI is InChI=1S/C19H30N4O4/c1-14-8-23(19(27)20-18(14)26)12-17(25)22-10-15(16(11-22)13-24)9-21-6-4-2-3-5-7-21/h8,15-16,24H,2-7,9-13H2,1H3,(H,20,26,27)/t15-,16-/m1/s1. The lowest BCUT2D eigenvalue weighted by Gasteiger charge is -2.26. The van der Waals surface area contributed by atoms with Gasteiger partial charge in [0.1, 0.15) is 6.54 Å². The number of nitrogens with zero attached hydrogens (tertiary/aromatic N) is 3. The van der Waals surface area contributed by atoms with Crippen molar-refractivity contribution in [2.45, 2.75) is 39.2 Å². The van der Waals surface area contributed by atoms with Gasteiger partial charge < -0.3 is 14.9 Å². The minimum atomic E-state index is -0.571. The van der Waals surface area contributed by atoms with E-state index >= 15 is 0 Å². The van der Waals surface area contributed by atoms with Crippen LogP contribution in [0, 0.1) is 18.8 Å². The van der Waals surface area contributed by atoms with E-state index in [0.717, 1.165) is 19.6 Å². The third kappa shape index (κ3) is 4.87. The molecule has 8 heteroatoms. The number of nitrogens with one attached hydrogen (secondary N) is 1. The van der Waals surface area contributed by atoms with Crippen LogP contribution in [0.15, 0.2) is 15.8 Å². The molecule has 2 saturated heterocycles. The van der Waals surface area contributed by atoms with Crippen LogP contribution in [0.1, 0.15) is 31.2 Å². The van der Waals surface area contributed by atoms with Gasteiger partial charge in [0.15, 0.2) is 0 Å². The quantitative estimate of drug-likeness (QED) is 0.739. The largest absolute Gasteiger partial charge is 0.396 e. The topological polar surface area (TPSA) is 98.6 Å². The van der Waals surface area contributed by atoms with Gasteiger partial charge in [-0.05, 0) is 38.8 Å². The van der Waals surface area contributed by atoms with Crippen LogP contribution in [0.25, 0.3) is 0 Å². The van der Waals surface area contributed by atoms with E-state index in [4.69, 9.17) is 0 Å². The zero-order valence-corrected chi connectivity index (χ0v) is 16.0. The molecule has 2 atom stereocenters. The second kappa shape index (κ2) is 8.84. The highest BCUT2D eigenvalue weighted by Crippen LogP contribution is 2.25. The van der Waals surface area contributed by atoms with Gasteiger partial charge in [-0.1, -0.05) is 12.8 Å². The van der Waals surface area contributed by atoms with Crippen LogP contribution in [-0.2, 0) is 11.3 Å².